The molecular formula is C23H23F2N5O3. The minimum absolute atomic E-state index is 0.00262. The van der Waals surface area contributed by atoms with Gasteiger partial charge in [0.25, 0.3) is 0 Å². The van der Waals surface area contributed by atoms with Crippen LogP contribution in [0.15, 0.2) is 55.0 Å². The molecule has 0 aliphatic carbocycles. The number of nitrogens with one attached hydrogen (secondary N) is 1. The highest BCUT2D eigenvalue weighted by molar-refractivity contribution is 5.78. The molecule has 0 spiro atoms. The smallest absolute Gasteiger partial charge is 0.387 e. The van der Waals surface area contributed by atoms with Gasteiger partial charge >= 0.3 is 6.61 Å². The van der Waals surface area contributed by atoms with E-state index < -0.39 is 6.61 Å². The van der Waals surface area contributed by atoms with Gasteiger partial charge in [0, 0.05) is 36.7 Å². The number of hydrogen-bond acceptors (Lipinski definition) is 7. The number of likely N-dealkylation sites (tertiary alicyclic amines) is 1. The third-order valence-electron chi connectivity index (χ3n) is 5.30. The van der Waals surface area contributed by atoms with Crippen molar-refractivity contribution in [2.45, 2.75) is 32.0 Å². The van der Waals surface area contributed by atoms with E-state index in [1.54, 1.807) is 47.8 Å². The van der Waals surface area contributed by atoms with Crippen LogP contribution in [-0.4, -0.2) is 56.7 Å². The standard InChI is InChI=1S/C23H23F2N5O3/c24-22(25)33-20-5-1-15(2-6-20)16-12-27-23(28-13-16)29-18-4-3-17(26-14-18)11-21(32)30-9-7-19(31)8-10-30/h1-6,12-14,19,22,31H,7-11H2,(H,27,28,29). The number of carbonyl (C=O) groups is 1. The fraction of sp³-hybridized carbons (Fsp3) is 0.304. The molecule has 0 saturated carbocycles. The Hall–Kier alpha value is -3.66. The third kappa shape index (κ3) is 6.19. The SMILES string of the molecule is O=C(Cc1ccc(Nc2ncc(-c3ccc(OC(F)F)cc3)cn2)cn1)N1CCC(O)CC1. The highest BCUT2D eigenvalue weighted by Crippen LogP contribution is 2.23. The number of rotatable bonds is 7. The number of aliphatic hydroxyl groups excluding tert-OH is 1. The van der Waals surface area contributed by atoms with Gasteiger partial charge in [-0.3, -0.25) is 9.78 Å². The Morgan fingerprint density at radius 2 is 1.73 bits per heavy atom. The van der Waals surface area contributed by atoms with Crippen molar-refractivity contribution in [1.82, 2.24) is 19.9 Å². The van der Waals surface area contributed by atoms with Crippen LogP contribution in [0.25, 0.3) is 11.1 Å². The normalized spacial score (nSPS) is 14.4. The predicted octanol–water partition coefficient (Wildman–Crippen LogP) is 3.41. The zero-order valence-electron chi connectivity index (χ0n) is 17.7. The van der Waals surface area contributed by atoms with E-state index in [1.807, 2.05) is 0 Å². The second kappa shape index (κ2) is 10.3. The van der Waals surface area contributed by atoms with Gasteiger partial charge in [-0.1, -0.05) is 12.1 Å². The monoisotopic (exact) mass is 455 g/mol. The molecule has 0 radical (unpaired) electrons. The molecule has 0 unspecified atom stereocenters. The lowest BCUT2D eigenvalue weighted by Crippen LogP contribution is -2.40. The topological polar surface area (TPSA) is 100 Å². The lowest BCUT2D eigenvalue weighted by molar-refractivity contribution is -0.132. The van der Waals surface area contributed by atoms with Crippen molar-refractivity contribution < 1.29 is 23.4 Å². The summed E-state index contributed by atoms with van der Waals surface area (Å²) >= 11 is 0. The molecule has 1 aliphatic rings. The number of anilines is 2. The third-order valence-corrected chi connectivity index (χ3v) is 5.30. The molecule has 3 aromatic rings. The van der Waals surface area contributed by atoms with Crippen LogP contribution in [0.4, 0.5) is 20.4 Å². The molecule has 10 heteroatoms. The summed E-state index contributed by atoms with van der Waals surface area (Å²) < 4.78 is 28.9. The quantitative estimate of drug-likeness (QED) is 0.563. The Bertz CT molecular complexity index is 1050. The molecule has 0 bridgehead atoms. The molecule has 2 N–H and O–H groups in total. The zero-order valence-corrected chi connectivity index (χ0v) is 17.7. The van der Waals surface area contributed by atoms with Crippen LogP contribution in [0, 0.1) is 0 Å². The molecule has 1 aliphatic heterocycles. The summed E-state index contributed by atoms with van der Waals surface area (Å²) in [5, 5.41) is 12.6. The first-order valence-corrected chi connectivity index (χ1v) is 10.5. The van der Waals surface area contributed by atoms with E-state index in [0.717, 1.165) is 11.1 Å². The number of alkyl halides is 2. The van der Waals surface area contributed by atoms with Crippen LogP contribution in [0.1, 0.15) is 18.5 Å². The number of benzene rings is 1. The number of hydrogen-bond donors (Lipinski definition) is 2. The molecule has 1 fully saturated rings. The molecule has 3 heterocycles. The first kappa shape index (κ1) is 22.5. The number of aromatic nitrogens is 3. The minimum atomic E-state index is -2.86. The highest BCUT2D eigenvalue weighted by Gasteiger charge is 2.21. The van der Waals surface area contributed by atoms with E-state index in [2.05, 4.69) is 25.0 Å². The van der Waals surface area contributed by atoms with E-state index in [1.165, 1.54) is 12.1 Å². The number of aliphatic hydroxyl groups is 1. The maximum absolute atomic E-state index is 12.4. The Morgan fingerprint density at radius 3 is 2.33 bits per heavy atom. The number of nitrogens with zero attached hydrogens (tertiary/aromatic N) is 4. The van der Waals surface area contributed by atoms with Crippen LogP contribution in [0.5, 0.6) is 5.75 Å². The van der Waals surface area contributed by atoms with Crippen molar-refractivity contribution in [3.8, 4) is 16.9 Å². The summed E-state index contributed by atoms with van der Waals surface area (Å²) in [7, 11) is 0. The molecular weight excluding hydrogens is 432 g/mol. The number of piperidine rings is 1. The lowest BCUT2D eigenvalue weighted by Gasteiger charge is -2.29. The predicted molar refractivity (Wildman–Crippen MR) is 117 cm³/mol. The Morgan fingerprint density at radius 1 is 1.03 bits per heavy atom. The summed E-state index contributed by atoms with van der Waals surface area (Å²) in [6, 6.07) is 9.80. The molecule has 0 atom stereocenters. The average molecular weight is 455 g/mol. The zero-order chi connectivity index (χ0) is 23.2. The van der Waals surface area contributed by atoms with Gasteiger partial charge in [0.15, 0.2) is 0 Å². The summed E-state index contributed by atoms with van der Waals surface area (Å²) in [5.41, 5.74) is 2.82. The van der Waals surface area contributed by atoms with Crippen LogP contribution >= 0.6 is 0 Å². The average Bonchev–Trinajstić information content (AvgIpc) is 2.81. The van der Waals surface area contributed by atoms with Crippen LogP contribution in [-0.2, 0) is 11.2 Å². The number of pyridine rings is 1. The van der Waals surface area contributed by atoms with E-state index >= 15 is 0 Å². The molecule has 1 aromatic carbocycles. The van der Waals surface area contributed by atoms with Gasteiger partial charge in [-0.05, 0) is 42.7 Å². The van der Waals surface area contributed by atoms with Crippen molar-refractivity contribution in [3.63, 3.8) is 0 Å². The van der Waals surface area contributed by atoms with Gasteiger partial charge in [0.2, 0.25) is 11.9 Å². The molecule has 172 valence electrons. The molecule has 33 heavy (non-hydrogen) atoms. The van der Waals surface area contributed by atoms with Gasteiger partial charge in [-0.25, -0.2) is 9.97 Å². The second-order valence-corrected chi connectivity index (χ2v) is 7.65. The van der Waals surface area contributed by atoms with Crippen LogP contribution < -0.4 is 10.1 Å². The van der Waals surface area contributed by atoms with Gasteiger partial charge in [0.1, 0.15) is 5.75 Å². The Balaban J connectivity index is 1.32. The van der Waals surface area contributed by atoms with Crippen molar-refractivity contribution in [3.05, 3.63) is 60.7 Å². The number of amides is 1. The molecule has 2 aromatic heterocycles. The molecule has 8 nitrogen and oxygen atoms in total. The van der Waals surface area contributed by atoms with E-state index in [-0.39, 0.29) is 24.2 Å². The lowest BCUT2D eigenvalue weighted by atomic mass is 10.1. The van der Waals surface area contributed by atoms with Gasteiger partial charge in [0.05, 0.1) is 24.4 Å². The van der Waals surface area contributed by atoms with Crippen molar-refractivity contribution in [2.75, 3.05) is 18.4 Å². The molecule has 1 saturated heterocycles. The summed E-state index contributed by atoms with van der Waals surface area (Å²) in [6.45, 7) is -1.72. The summed E-state index contributed by atoms with van der Waals surface area (Å²) in [4.78, 5) is 27.0. The summed E-state index contributed by atoms with van der Waals surface area (Å²) in [6.07, 6.45) is 5.97. The first-order valence-electron chi connectivity index (χ1n) is 10.5. The van der Waals surface area contributed by atoms with Crippen molar-refractivity contribution >= 4 is 17.5 Å². The van der Waals surface area contributed by atoms with Crippen molar-refractivity contribution in [1.29, 1.82) is 0 Å². The van der Waals surface area contributed by atoms with Crippen molar-refractivity contribution in [2.24, 2.45) is 0 Å². The van der Waals surface area contributed by atoms with Gasteiger partial charge in [-0.15, -0.1) is 0 Å². The Labute approximate surface area is 189 Å². The highest BCUT2D eigenvalue weighted by atomic mass is 19.3. The van der Waals surface area contributed by atoms with E-state index in [9.17, 15) is 18.7 Å². The molecule has 1 amide bonds. The number of halogens is 2. The first-order chi connectivity index (χ1) is 16.0. The number of ether oxygens (including phenoxy) is 1. The fourth-order valence-electron chi connectivity index (χ4n) is 3.48. The minimum Gasteiger partial charge on any atom is -0.435 e. The summed E-state index contributed by atoms with van der Waals surface area (Å²) in [5.74, 6) is 0.456. The van der Waals surface area contributed by atoms with Crippen LogP contribution in [0.3, 0.4) is 0 Å². The maximum Gasteiger partial charge on any atom is 0.387 e. The largest absolute Gasteiger partial charge is 0.435 e. The van der Waals surface area contributed by atoms with E-state index in [0.29, 0.717) is 43.3 Å². The van der Waals surface area contributed by atoms with Gasteiger partial charge in [-0.2, -0.15) is 8.78 Å². The Kier molecular flexibility index (Phi) is 7.04. The maximum atomic E-state index is 12.4. The molecule has 4 rings (SSSR count). The van der Waals surface area contributed by atoms with Gasteiger partial charge < -0.3 is 20.1 Å². The number of carbonyl (C=O) groups excluding carboxylic acids is 1. The second-order valence-electron chi connectivity index (χ2n) is 7.65. The van der Waals surface area contributed by atoms with Crippen LogP contribution in [0.2, 0.25) is 0 Å². The van der Waals surface area contributed by atoms with E-state index in [4.69, 9.17) is 0 Å². The fourth-order valence-corrected chi connectivity index (χ4v) is 3.48.